The van der Waals surface area contributed by atoms with Crippen LogP contribution in [0, 0.1) is 0 Å². The first-order valence-corrected chi connectivity index (χ1v) is 37.1. The van der Waals surface area contributed by atoms with E-state index in [0.717, 1.165) is 96.3 Å². The average Bonchev–Trinajstić information content (AvgIpc) is 3.64. The number of aliphatic carboxylic acids is 1. The number of carboxylic acid groups (broad SMARTS) is 1. The molecule has 0 aromatic heterocycles. The Morgan fingerprint density at radius 1 is 0.337 bits per heavy atom. The van der Waals surface area contributed by atoms with E-state index in [-0.39, 0.29) is 32.2 Å². The van der Waals surface area contributed by atoms with E-state index in [0.29, 0.717) is 23.9 Å². The lowest BCUT2D eigenvalue weighted by Crippen LogP contribution is -2.40. The van der Waals surface area contributed by atoms with Gasteiger partial charge < -0.3 is 28.5 Å². The normalized spacial score (nSPS) is 13.3. The zero-order valence-corrected chi connectivity index (χ0v) is 58.6. The third-order valence-corrected chi connectivity index (χ3v) is 16.0. The Hall–Kier alpha value is -4.05. The van der Waals surface area contributed by atoms with Crippen molar-refractivity contribution in [3.8, 4) is 0 Å². The standard InChI is InChI=1S/C80H139NO8/c1-6-8-10-12-14-16-18-20-22-24-26-28-30-32-34-35-36-37-38-39-40-41-42-43-45-46-48-50-52-54-56-58-60-62-64-66-68-70-77(82)87-74-76(75-88-80(79(84)85)86-73-72-81(3,4)5)89-78(83)71-69-67-65-63-61-59-57-55-53-51-49-47-44-33-31-29-27-25-23-21-19-17-15-13-11-9-7-2/h8-11,14-17,20-23,26-29,33,44,76,80H,6-7,12-13,18-19,24-25,30-32,34-43,45-75H2,1-5H3/p+1/b10-8-,11-9-,16-14-,17-15-,22-20-,23-21-,28-26-,29-27-,44-33-. The molecule has 2 unspecified atom stereocenters. The van der Waals surface area contributed by atoms with Crippen LogP contribution in [0.4, 0.5) is 0 Å². The number of hydrogen-bond donors (Lipinski definition) is 1. The van der Waals surface area contributed by atoms with Crippen LogP contribution in [0.2, 0.25) is 0 Å². The molecular weight excluding hydrogens is 1100 g/mol. The highest BCUT2D eigenvalue weighted by Crippen LogP contribution is 2.18. The molecule has 0 bridgehead atoms. The smallest absolute Gasteiger partial charge is 0.361 e. The van der Waals surface area contributed by atoms with E-state index in [2.05, 4.69) is 123 Å². The number of esters is 2. The fraction of sp³-hybridized carbons (Fsp3) is 0.738. The Morgan fingerprint density at radius 2 is 0.607 bits per heavy atom. The SMILES string of the molecule is CC/C=C\C/C=C\C/C=C\C/C=C\C/C=C\CCCCCCCCCCCCCC(=O)OC(COC(=O)CCCCCCCCCCCCCCCCCCCCCCCCCC/C=C\C/C=C\C/C=C\C/C=C\CC)COC(OCC[N+](C)(C)C)C(=O)O. The van der Waals surface area contributed by atoms with E-state index in [1.54, 1.807) is 0 Å². The maximum Gasteiger partial charge on any atom is 0.361 e. The van der Waals surface area contributed by atoms with Gasteiger partial charge in [-0.25, -0.2) is 4.79 Å². The summed E-state index contributed by atoms with van der Waals surface area (Å²) in [4.78, 5) is 37.7. The summed E-state index contributed by atoms with van der Waals surface area (Å²) < 4.78 is 23.0. The number of hydrogen-bond acceptors (Lipinski definition) is 7. The van der Waals surface area contributed by atoms with Crippen molar-refractivity contribution in [3.05, 3.63) is 109 Å². The molecule has 9 nitrogen and oxygen atoms in total. The summed E-state index contributed by atoms with van der Waals surface area (Å²) >= 11 is 0. The maximum absolute atomic E-state index is 13.0. The van der Waals surface area contributed by atoms with E-state index >= 15 is 0 Å². The van der Waals surface area contributed by atoms with Crippen molar-refractivity contribution in [2.45, 2.75) is 334 Å². The van der Waals surface area contributed by atoms with Gasteiger partial charge >= 0.3 is 17.9 Å². The summed E-state index contributed by atoms with van der Waals surface area (Å²) in [6, 6.07) is 0. The number of carbonyl (C=O) groups excluding carboxylic acids is 2. The van der Waals surface area contributed by atoms with Gasteiger partial charge in [0.1, 0.15) is 13.2 Å². The van der Waals surface area contributed by atoms with Crippen molar-refractivity contribution >= 4 is 17.9 Å². The number of rotatable bonds is 68. The lowest BCUT2D eigenvalue weighted by molar-refractivity contribution is -0.870. The Labute approximate surface area is 549 Å². The van der Waals surface area contributed by atoms with Crippen LogP contribution in [0.25, 0.3) is 0 Å². The van der Waals surface area contributed by atoms with Crippen LogP contribution in [0.5, 0.6) is 0 Å². The molecule has 0 fully saturated rings. The number of carboxylic acids is 1. The fourth-order valence-corrected chi connectivity index (χ4v) is 10.4. The Balaban J connectivity index is 4.03. The first kappa shape index (κ1) is 85.0. The molecule has 9 heteroatoms. The molecule has 0 aromatic carbocycles. The van der Waals surface area contributed by atoms with Gasteiger partial charge in [-0.1, -0.05) is 322 Å². The highest BCUT2D eigenvalue weighted by Gasteiger charge is 2.25. The lowest BCUT2D eigenvalue weighted by atomic mass is 10.0. The van der Waals surface area contributed by atoms with Crippen molar-refractivity contribution < 1.29 is 42.9 Å². The lowest BCUT2D eigenvalue weighted by Gasteiger charge is -2.25. The highest BCUT2D eigenvalue weighted by molar-refractivity contribution is 5.71. The van der Waals surface area contributed by atoms with Crippen molar-refractivity contribution in [3.63, 3.8) is 0 Å². The first-order valence-electron chi connectivity index (χ1n) is 37.1. The van der Waals surface area contributed by atoms with Crippen molar-refractivity contribution in [1.82, 2.24) is 0 Å². The molecule has 0 saturated carbocycles. The molecule has 1 N–H and O–H groups in total. The van der Waals surface area contributed by atoms with Crippen LogP contribution in [-0.4, -0.2) is 87.4 Å². The largest absolute Gasteiger partial charge is 0.477 e. The van der Waals surface area contributed by atoms with Gasteiger partial charge in [-0.3, -0.25) is 9.59 Å². The van der Waals surface area contributed by atoms with Crippen LogP contribution in [0.15, 0.2) is 109 Å². The topological polar surface area (TPSA) is 108 Å². The van der Waals surface area contributed by atoms with Crippen molar-refractivity contribution in [2.24, 2.45) is 0 Å². The Morgan fingerprint density at radius 3 is 0.899 bits per heavy atom. The number of ether oxygens (including phenoxy) is 4. The minimum absolute atomic E-state index is 0.184. The number of carbonyl (C=O) groups is 3. The minimum Gasteiger partial charge on any atom is -0.477 e. The van der Waals surface area contributed by atoms with E-state index in [1.165, 1.54) is 193 Å². The summed E-state index contributed by atoms with van der Waals surface area (Å²) in [5.74, 6) is -2.00. The van der Waals surface area contributed by atoms with Crippen LogP contribution >= 0.6 is 0 Å². The Bertz CT molecular complexity index is 1830. The second-order valence-electron chi connectivity index (χ2n) is 25.8. The number of nitrogens with zero attached hydrogens (tertiary/aromatic N) is 1. The van der Waals surface area contributed by atoms with Gasteiger partial charge in [-0.05, 0) is 96.3 Å². The fourth-order valence-electron chi connectivity index (χ4n) is 10.4. The number of allylic oxidation sites excluding steroid dienone is 18. The summed E-state index contributed by atoms with van der Waals surface area (Å²) in [6.45, 7) is 4.68. The molecule has 2 atom stereocenters. The number of likely N-dealkylation sites (N-methyl/N-ethyl adjacent to an activating group) is 1. The molecule has 0 aliphatic rings. The molecule has 89 heavy (non-hydrogen) atoms. The van der Waals surface area contributed by atoms with E-state index in [9.17, 15) is 19.5 Å². The van der Waals surface area contributed by atoms with Gasteiger partial charge in [0.05, 0.1) is 34.4 Å². The zero-order chi connectivity index (χ0) is 64.7. The average molecular weight is 1240 g/mol. The monoisotopic (exact) mass is 1240 g/mol. The van der Waals surface area contributed by atoms with Crippen molar-refractivity contribution in [1.29, 1.82) is 0 Å². The second kappa shape index (κ2) is 69.8. The van der Waals surface area contributed by atoms with E-state index in [4.69, 9.17) is 18.9 Å². The first-order chi connectivity index (χ1) is 43.6. The van der Waals surface area contributed by atoms with Gasteiger partial charge in [0, 0.05) is 12.8 Å². The van der Waals surface area contributed by atoms with Gasteiger partial charge in [0.25, 0.3) is 6.29 Å². The molecule has 0 rings (SSSR count). The molecule has 0 aliphatic carbocycles. The molecule has 0 amide bonds. The molecule has 0 aromatic rings. The molecule has 0 spiro atoms. The molecule has 0 heterocycles. The van der Waals surface area contributed by atoms with Crippen molar-refractivity contribution in [2.75, 3.05) is 47.5 Å². The van der Waals surface area contributed by atoms with Gasteiger partial charge in [0.15, 0.2) is 6.10 Å². The summed E-state index contributed by atoms with van der Waals surface area (Å²) in [6.07, 6.45) is 95.1. The minimum atomic E-state index is -1.52. The predicted molar refractivity (Wildman–Crippen MR) is 382 cm³/mol. The van der Waals surface area contributed by atoms with E-state index in [1.807, 2.05) is 21.1 Å². The summed E-state index contributed by atoms with van der Waals surface area (Å²) in [5, 5.41) is 9.76. The van der Waals surface area contributed by atoms with Gasteiger partial charge in [-0.15, -0.1) is 0 Å². The molecule has 512 valence electrons. The second-order valence-corrected chi connectivity index (χ2v) is 25.8. The summed E-state index contributed by atoms with van der Waals surface area (Å²) in [7, 11) is 5.98. The third kappa shape index (κ3) is 71.3. The highest BCUT2D eigenvalue weighted by atomic mass is 16.7. The molecule has 0 radical (unpaired) electrons. The maximum atomic E-state index is 13.0. The molecule has 0 aliphatic heterocycles. The Kier molecular flexibility index (Phi) is 66.7. The van der Waals surface area contributed by atoms with E-state index < -0.39 is 24.3 Å². The van der Waals surface area contributed by atoms with Crippen LogP contribution in [0.3, 0.4) is 0 Å². The van der Waals surface area contributed by atoms with Gasteiger partial charge in [-0.2, -0.15) is 0 Å². The summed E-state index contributed by atoms with van der Waals surface area (Å²) in [5.41, 5.74) is 0. The molecular formula is C80H140NO8+. The quantitative estimate of drug-likeness (QED) is 0.0211. The third-order valence-electron chi connectivity index (χ3n) is 16.0. The number of quaternary nitrogens is 1. The number of unbranched alkanes of at least 4 members (excludes halogenated alkanes) is 35. The van der Waals surface area contributed by atoms with Gasteiger partial charge in [0.2, 0.25) is 0 Å². The van der Waals surface area contributed by atoms with Crippen LogP contribution in [0.1, 0.15) is 322 Å². The van der Waals surface area contributed by atoms with Crippen LogP contribution in [-0.2, 0) is 33.3 Å². The zero-order valence-electron chi connectivity index (χ0n) is 58.6. The molecule has 0 saturated heterocycles. The predicted octanol–water partition coefficient (Wildman–Crippen LogP) is 23.4. The van der Waals surface area contributed by atoms with Crippen LogP contribution < -0.4 is 0 Å².